The van der Waals surface area contributed by atoms with E-state index in [1.54, 1.807) is 52.0 Å². The molecule has 1 amide bonds. The van der Waals surface area contributed by atoms with Gasteiger partial charge in [-0.15, -0.1) is 0 Å². The number of benzene rings is 2. The van der Waals surface area contributed by atoms with E-state index < -0.39 is 46.3 Å². The molecule has 1 aliphatic rings. The van der Waals surface area contributed by atoms with Gasteiger partial charge in [-0.3, -0.25) is 28.8 Å². The van der Waals surface area contributed by atoms with Crippen LogP contribution in [0.5, 0.6) is 0 Å². The number of hydrogen-bond acceptors (Lipinski definition) is 7. The summed E-state index contributed by atoms with van der Waals surface area (Å²) in [6, 6.07) is 14.7. The van der Waals surface area contributed by atoms with Gasteiger partial charge in [-0.25, -0.2) is 0 Å². The molecule has 3 atom stereocenters. The number of rotatable bonds is 9. The minimum absolute atomic E-state index is 0.0398. The van der Waals surface area contributed by atoms with E-state index in [1.165, 1.54) is 4.90 Å². The summed E-state index contributed by atoms with van der Waals surface area (Å²) in [6.45, 7) is 6.83. The van der Waals surface area contributed by atoms with E-state index in [0.717, 1.165) is 5.56 Å². The summed E-state index contributed by atoms with van der Waals surface area (Å²) in [4.78, 5) is 40.9. The van der Waals surface area contributed by atoms with Gasteiger partial charge in [0.2, 0.25) is 5.91 Å². The van der Waals surface area contributed by atoms with Gasteiger partial charge in [-0.2, -0.15) is 0 Å². The molecule has 2 aromatic rings. The molecule has 8 nitrogen and oxygen atoms in total. The number of para-hydroxylation sites is 1. The van der Waals surface area contributed by atoms with Crippen molar-refractivity contribution in [1.82, 2.24) is 5.32 Å². The largest absolute Gasteiger partial charge is 0.465 e. The van der Waals surface area contributed by atoms with Crippen LogP contribution in [-0.2, 0) is 41.1 Å². The molecule has 1 heterocycles. The summed E-state index contributed by atoms with van der Waals surface area (Å²) in [7, 11) is -1.54. The molecule has 0 fully saturated rings. The number of carbonyl (C=O) groups excluding carboxylic acids is 3. The average molecular weight is 515 g/mol. The Kier molecular flexibility index (Phi) is 9.39. The molecule has 1 N–H and O–H groups in total. The van der Waals surface area contributed by atoms with Crippen molar-refractivity contribution >= 4 is 34.3 Å². The molecule has 0 saturated heterocycles. The van der Waals surface area contributed by atoms with Crippen LogP contribution in [-0.4, -0.2) is 58.6 Å². The molecule has 36 heavy (non-hydrogen) atoms. The fraction of sp³-hybridized carbons (Fsp3) is 0.444. The van der Waals surface area contributed by atoms with Crippen LogP contribution in [0.1, 0.15) is 39.7 Å². The van der Waals surface area contributed by atoms with Crippen molar-refractivity contribution in [3.8, 4) is 0 Å². The predicted molar refractivity (Wildman–Crippen MR) is 138 cm³/mol. The number of aryl methyl sites for hydroxylation is 1. The van der Waals surface area contributed by atoms with Crippen molar-refractivity contribution in [2.75, 3.05) is 23.8 Å². The minimum Gasteiger partial charge on any atom is -0.465 e. The topological polar surface area (TPSA) is 102 Å². The molecule has 1 aliphatic heterocycles. The van der Waals surface area contributed by atoms with Crippen molar-refractivity contribution in [1.29, 1.82) is 0 Å². The molecular formula is C27H34N2O6S. The second kappa shape index (κ2) is 12.3. The maximum Gasteiger partial charge on any atom is 0.326 e. The van der Waals surface area contributed by atoms with Crippen molar-refractivity contribution in [2.24, 2.45) is 0 Å². The molecule has 0 bridgehead atoms. The molecule has 0 radical (unpaired) electrons. The SMILES string of the molecule is CCOC(=O)[C@H](CCc1ccccc1)N[C@H]1CS(=O)c2ccccc2N(CC(=O)OC(C)(C)C)C1=O. The van der Waals surface area contributed by atoms with Crippen molar-refractivity contribution in [3.05, 3.63) is 60.2 Å². The highest BCUT2D eigenvalue weighted by Gasteiger charge is 2.37. The Morgan fingerprint density at radius 1 is 1.11 bits per heavy atom. The number of amides is 1. The zero-order valence-electron chi connectivity index (χ0n) is 21.2. The van der Waals surface area contributed by atoms with Crippen LogP contribution < -0.4 is 10.2 Å². The van der Waals surface area contributed by atoms with Gasteiger partial charge in [0.15, 0.2) is 0 Å². The molecular weight excluding hydrogens is 480 g/mol. The quantitative estimate of drug-likeness (QED) is 0.513. The lowest BCUT2D eigenvalue weighted by atomic mass is 10.0. The number of hydrogen-bond donors (Lipinski definition) is 1. The lowest BCUT2D eigenvalue weighted by molar-refractivity contribution is -0.154. The van der Waals surface area contributed by atoms with Gasteiger partial charge in [-0.1, -0.05) is 42.5 Å². The molecule has 0 spiro atoms. The Labute approximate surface area is 214 Å². The second-order valence-electron chi connectivity index (χ2n) is 9.54. The maximum atomic E-state index is 13.7. The first kappa shape index (κ1) is 27.5. The van der Waals surface area contributed by atoms with E-state index in [9.17, 15) is 18.6 Å². The first-order valence-electron chi connectivity index (χ1n) is 12.1. The van der Waals surface area contributed by atoms with E-state index in [0.29, 0.717) is 23.4 Å². The zero-order valence-corrected chi connectivity index (χ0v) is 22.0. The van der Waals surface area contributed by atoms with Gasteiger partial charge >= 0.3 is 11.9 Å². The third-order valence-electron chi connectivity index (χ3n) is 5.53. The zero-order chi connectivity index (χ0) is 26.3. The van der Waals surface area contributed by atoms with Crippen LogP contribution in [0.25, 0.3) is 0 Å². The smallest absolute Gasteiger partial charge is 0.326 e. The number of nitrogens with one attached hydrogen (secondary N) is 1. The van der Waals surface area contributed by atoms with Crippen molar-refractivity contribution in [3.63, 3.8) is 0 Å². The summed E-state index contributed by atoms with van der Waals surface area (Å²) in [5, 5.41) is 3.11. The molecule has 1 unspecified atom stereocenters. The van der Waals surface area contributed by atoms with Crippen molar-refractivity contribution in [2.45, 2.75) is 63.1 Å². The van der Waals surface area contributed by atoms with Gasteiger partial charge in [0, 0.05) is 0 Å². The highest BCUT2D eigenvalue weighted by Crippen LogP contribution is 2.29. The van der Waals surface area contributed by atoms with Gasteiger partial charge in [0.25, 0.3) is 0 Å². The van der Waals surface area contributed by atoms with E-state index in [4.69, 9.17) is 9.47 Å². The van der Waals surface area contributed by atoms with E-state index in [1.807, 2.05) is 30.3 Å². The molecule has 0 saturated carbocycles. The predicted octanol–water partition coefficient (Wildman–Crippen LogP) is 3.01. The number of esters is 2. The van der Waals surface area contributed by atoms with E-state index in [2.05, 4.69) is 5.32 Å². The second-order valence-corrected chi connectivity index (χ2v) is 11.0. The molecule has 0 aliphatic carbocycles. The third-order valence-corrected chi connectivity index (χ3v) is 7.00. The number of fused-ring (bicyclic) bond motifs is 1. The fourth-order valence-corrected chi connectivity index (χ4v) is 5.35. The van der Waals surface area contributed by atoms with Crippen LogP contribution in [0, 0.1) is 0 Å². The molecule has 0 aromatic heterocycles. The average Bonchev–Trinajstić information content (AvgIpc) is 2.92. The molecule has 2 aromatic carbocycles. The highest BCUT2D eigenvalue weighted by atomic mass is 32.2. The first-order chi connectivity index (χ1) is 17.1. The van der Waals surface area contributed by atoms with Crippen LogP contribution in [0.2, 0.25) is 0 Å². The summed E-state index contributed by atoms with van der Waals surface area (Å²) < 4.78 is 23.9. The summed E-state index contributed by atoms with van der Waals surface area (Å²) in [6.07, 6.45) is 0.974. The van der Waals surface area contributed by atoms with E-state index >= 15 is 0 Å². The lowest BCUT2D eigenvalue weighted by Crippen LogP contribution is -2.55. The number of carbonyl (C=O) groups is 3. The lowest BCUT2D eigenvalue weighted by Gasteiger charge is -2.28. The summed E-state index contributed by atoms with van der Waals surface area (Å²) >= 11 is 0. The van der Waals surface area contributed by atoms with Gasteiger partial charge < -0.3 is 9.47 Å². The molecule has 9 heteroatoms. The van der Waals surface area contributed by atoms with Gasteiger partial charge in [-0.05, 0) is 58.2 Å². The van der Waals surface area contributed by atoms with E-state index in [-0.39, 0.29) is 18.9 Å². The Balaban J connectivity index is 1.87. The Hall–Kier alpha value is -3.04. The van der Waals surface area contributed by atoms with Crippen molar-refractivity contribution < 1.29 is 28.1 Å². The summed E-state index contributed by atoms with van der Waals surface area (Å²) in [5.41, 5.74) is 0.717. The minimum atomic E-state index is -1.54. The monoisotopic (exact) mass is 514 g/mol. The maximum absolute atomic E-state index is 13.7. The van der Waals surface area contributed by atoms with Gasteiger partial charge in [0.05, 0.1) is 39.8 Å². The van der Waals surface area contributed by atoms with Crippen LogP contribution >= 0.6 is 0 Å². The molecule has 194 valence electrons. The number of nitrogens with zero attached hydrogens (tertiary/aromatic N) is 1. The third kappa shape index (κ3) is 7.48. The van der Waals surface area contributed by atoms with Gasteiger partial charge in [0.1, 0.15) is 18.2 Å². The standard InChI is InChI=1S/C27H34N2O6S/c1-5-34-26(32)20(16-15-19-11-7-6-8-12-19)28-21-18-36(33)23-14-10-9-13-22(23)29(25(21)31)17-24(30)35-27(2,3)4/h6-14,20-21,28H,5,15-18H2,1-4H3/t20-,21-,36?/m0/s1. The molecule has 3 rings (SSSR count). The number of anilines is 1. The Bertz CT molecular complexity index is 1100. The highest BCUT2D eigenvalue weighted by molar-refractivity contribution is 7.85. The fourth-order valence-electron chi connectivity index (χ4n) is 3.99. The normalized spacial score (nSPS) is 18.7. The summed E-state index contributed by atoms with van der Waals surface area (Å²) in [5.74, 6) is -1.55. The Morgan fingerprint density at radius 3 is 2.44 bits per heavy atom. The van der Waals surface area contributed by atoms with Crippen LogP contribution in [0.4, 0.5) is 5.69 Å². The number of ether oxygens (including phenoxy) is 2. The first-order valence-corrected chi connectivity index (χ1v) is 13.4. The Morgan fingerprint density at radius 2 is 1.78 bits per heavy atom. The van der Waals surface area contributed by atoms with Crippen LogP contribution in [0.15, 0.2) is 59.5 Å². The van der Waals surface area contributed by atoms with Crippen LogP contribution in [0.3, 0.4) is 0 Å².